The maximum absolute atomic E-state index is 4.34. The fourth-order valence-electron chi connectivity index (χ4n) is 1.78. The van der Waals surface area contributed by atoms with Gasteiger partial charge in [0.25, 0.3) is 0 Å². The molecule has 0 spiro atoms. The SMILES string of the molecule is Cc1cccc(C2CC(Br)=NN2C)c1. The Morgan fingerprint density at radius 1 is 1.50 bits per heavy atom. The molecule has 1 atom stereocenters. The molecule has 3 heteroatoms. The number of rotatable bonds is 1. The summed E-state index contributed by atoms with van der Waals surface area (Å²) in [6, 6.07) is 9.00. The lowest BCUT2D eigenvalue weighted by molar-refractivity contribution is 0.290. The molecule has 1 aromatic carbocycles. The summed E-state index contributed by atoms with van der Waals surface area (Å²) in [6.07, 6.45) is 0.972. The second-order valence-corrected chi connectivity index (χ2v) is 4.60. The summed E-state index contributed by atoms with van der Waals surface area (Å²) in [5, 5.41) is 6.36. The average Bonchev–Trinajstić information content (AvgIpc) is 2.45. The zero-order valence-electron chi connectivity index (χ0n) is 8.37. The van der Waals surface area contributed by atoms with Crippen LogP contribution < -0.4 is 0 Å². The highest BCUT2D eigenvalue weighted by Gasteiger charge is 2.23. The number of hydrogen-bond acceptors (Lipinski definition) is 2. The van der Waals surface area contributed by atoms with Crippen molar-refractivity contribution in [1.82, 2.24) is 5.01 Å². The van der Waals surface area contributed by atoms with Gasteiger partial charge in [-0.25, -0.2) is 0 Å². The third kappa shape index (κ3) is 1.82. The van der Waals surface area contributed by atoms with Gasteiger partial charge in [-0.15, -0.1) is 0 Å². The van der Waals surface area contributed by atoms with E-state index in [1.807, 2.05) is 12.1 Å². The van der Waals surface area contributed by atoms with E-state index in [1.54, 1.807) is 0 Å². The highest BCUT2D eigenvalue weighted by molar-refractivity contribution is 9.18. The Bertz CT molecular complexity index is 373. The molecule has 2 nitrogen and oxygen atoms in total. The molecular weight excluding hydrogens is 240 g/mol. The van der Waals surface area contributed by atoms with Crippen molar-refractivity contribution in [3.05, 3.63) is 35.4 Å². The van der Waals surface area contributed by atoms with Gasteiger partial charge in [-0.1, -0.05) is 29.8 Å². The van der Waals surface area contributed by atoms with E-state index in [4.69, 9.17) is 0 Å². The monoisotopic (exact) mass is 252 g/mol. The third-order valence-corrected chi connectivity index (χ3v) is 2.99. The van der Waals surface area contributed by atoms with Gasteiger partial charge in [-0.2, -0.15) is 5.10 Å². The van der Waals surface area contributed by atoms with E-state index in [0.29, 0.717) is 6.04 Å². The second-order valence-electron chi connectivity index (χ2n) is 3.68. The molecule has 1 aromatic rings. The summed E-state index contributed by atoms with van der Waals surface area (Å²) < 4.78 is 1.03. The van der Waals surface area contributed by atoms with E-state index in [0.717, 1.165) is 11.0 Å². The van der Waals surface area contributed by atoms with Gasteiger partial charge in [-0.05, 0) is 28.4 Å². The molecule has 0 aromatic heterocycles. The lowest BCUT2D eigenvalue weighted by Gasteiger charge is -2.19. The summed E-state index contributed by atoms with van der Waals surface area (Å²) >= 11 is 3.44. The van der Waals surface area contributed by atoms with Crippen molar-refractivity contribution in [2.45, 2.75) is 19.4 Å². The van der Waals surface area contributed by atoms with Crippen molar-refractivity contribution in [2.75, 3.05) is 7.05 Å². The van der Waals surface area contributed by atoms with E-state index in [-0.39, 0.29) is 0 Å². The molecule has 0 fully saturated rings. The highest BCUT2D eigenvalue weighted by Crippen LogP contribution is 2.30. The lowest BCUT2D eigenvalue weighted by atomic mass is 10.0. The molecule has 0 bridgehead atoms. The van der Waals surface area contributed by atoms with Crippen molar-refractivity contribution >= 4 is 20.6 Å². The molecule has 0 aliphatic carbocycles. The first-order valence-electron chi connectivity index (χ1n) is 4.69. The maximum atomic E-state index is 4.34. The minimum Gasteiger partial charge on any atom is -0.291 e. The minimum absolute atomic E-state index is 0.393. The molecule has 0 amide bonds. The van der Waals surface area contributed by atoms with Gasteiger partial charge in [0.05, 0.1) is 6.04 Å². The van der Waals surface area contributed by atoms with Gasteiger partial charge in [0, 0.05) is 13.5 Å². The Balaban J connectivity index is 2.25. The normalized spacial score (nSPS) is 21.2. The Labute approximate surface area is 92.7 Å². The zero-order valence-corrected chi connectivity index (χ0v) is 9.95. The first kappa shape index (κ1) is 9.71. The van der Waals surface area contributed by atoms with Gasteiger partial charge < -0.3 is 0 Å². The van der Waals surface area contributed by atoms with Crippen molar-refractivity contribution in [1.29, 1.82) is 0 Å². The fraction of sp³-hybridized carbons (Fsp3) is 0.364. The van der Waals surface area contributed by atoms with E-state index in [2.05, 4.69) is 52.2 Å². The van der Waals surface area contributed by atoms with Crippen LogP contribution in [0.4, 0.5) is 0 Å². The van der Waals surface area contributed by atoms with Crippen LogP contribution in [0, 0.1) is 6.92 Å². The Kier molecular flexibility index (Phi) is 2.59. The topological polar surface area (TPSA) is 15.6 Å². The molecule has 0 radical (unpaired) electrons. The van der Waals surface area contributed by atoms with E-state index in [9.17, 15) is 0 Å². The summed E-state index contributed by atoms with van der Waals surface area (Å²) in [7, 11) is 2.02. The van der Waals surface area contributed by atoms with Crippen LogP contribution in [0.5, 0.6) is 0 Å². The Morgan fingerprint density at radius 2 is 2.29 bits per heavy atom. The van der Waals surface area contributed by atoms with E-state index < -0.39 is 0 Å². The van der Waals surface area contributed by atoms with Crippen LogP contribution in [-0.2, 0) is 0 Å². The molecule has 0 saturated heterocycles. The van der Waals surface area contributed by atoms with Crippen LogP contribution in [0.15, 0.2) is 29.4 Å². The van der Waals surface area contributed by atoms with Crippen LogP contribution in [0.3, 0.4) is 0 Å². The van der Waals surface area contributed by atoms with Crippen molar-refractivity contribution in [2.24, 2.45) is 5.10 Å². The summed E-state index contributed by atoms with van der Waals surface area (Å²) in [5.74, 6) is 0. The molecule has 74 valence electrons. The van der Waals surface area contributed by atoms with Crippen molar-refractivity contribution < 1.29 is 0 Å². The van der Waals surface area contributed by atoms with Crippen LogP contribution in [-0.4, -0.2) is 16.7 Å². The molecule has 1 unspecified atom stereocenters. The Hall–Kier alpha value is -0.830. The first-order valence-corrected chi connectivity index (χ1v) is 5.48. The average molecular weight is 253 g/mol. The number of hydrazone groups is 1. The van der Waals surface area contributed by atoms with Gasteiger partial charge >= 0.3 is 0 Å². The van der Waals surface area contributed by atoms with Crippen LogP contribution >= 0.6 is 15.9 Å². The molecule has 0 saturated carbocycles. The van der Waals surface area contributed by atoms with Gasteiger partial charge in [0.1, 0.15) is 4.62 Å². The first-order chi connectivity index (χ1) is 6.66. The van der Waals surface area contributed by atoms with Gasteiger partial charge in [-0.3, -0.25) is 5.01 Å². The molecule has 1 aliphatic rings. The highest BCUT2D eigenvalue weighted by atomic mass is 79.9. The van der Waals surface area contributed by atoms with Crippen molar-refractivity contribution in [3.63, 3.8) is 0 Å². The summed E-state index contributed by atoms with van der Waals surface area (Å²) in [6.45, 7) is 2.12. The Morgan fingerprint density at radius 3 is 2.86 bits per heavy atom. The summed E-state index contributed by atoms with van der Waals surface area (Å²) in [5.41, 5.74) is 2.64. The number of aryl methyl sites for hydroxylation is 1. The second kappa shape index (κ2) is 3.73. The smallest absolute Gasteiger partial charge is 0.105 e. The largest absolute Gasteiger partial charge is 0.291 e. The van der Waals surface area contributed by atoms with Crippen molar-refractivity contribution in [3.8, 4) is 0 Å². The number of halogens is 1. The number of hydrogen-bond donors (Lipinski definition) is 0. The standard InChI is InChI=1S/C11H13BrN2/c1-8-4-3-5-9(6-8)10-7-11(12)13-14(10)2/h3-6,10H,7H2,1-2H3. The quantitative estimate of drug-likeness (QED) is 0.750. The summed E-state index contributed by atoms with van der Waals surface area (Å²) in [4.78, 5) is 0. The predicted octanol–water partition coefficient (Wildman–Crippen LogP) is 3.08. The predicted molar refractivity (Wildman–Crippen MR) is 62.7 cm³/mol. The molecule has 0 N–H and O–H groups in total. The van der Waals surface area contributed by atoms with E-state index >= 15 is 0 Å². The lowest BCUT2D eigenvalue weighted by Crippen LogP contribution is -2.13. The zero-order chi connectivity index (χ0) is 10.1. The van der Waals surface area contributed by atoms with Crippen LogP contribution in [0.2, 0.25) is 0 Å². The number of nitrogens with zero attached hydrogens (tertiary/aromatic N) is 2. The molecular formula is C11H13BrN2. The van der Waals surface area contributed by atoms with Crippen LogP contribution in [0.1, 0.15) is 23.6 Å². The van der Waals surface area contributed by atoms with Gasteiger partial charge in [0.2, 0.25) is 0 Å². The third-order valence-electron chi connectivity index (χ3n) is 2.51. The minimum atomic E-state index is 0.393. The fourth-order valence-corrected chi connectivity index (χ4v) is 2.34. The van der Waals surface area contributed by atoms with Crippen LogP contribution in [0.25, 0.3) is 0 Å². The molecule has 2 rings (SSSR count). The maximum Gasteiger partial charge on any atom is 0.105 e. The molecule has 1 aliphatic heterocycles. The number of benzene rings is 1. The van der Waals surface area contributed by atoms with E-state index in [1.165, 1.54) is 11.1 Å². The van der Waals surface area contributed by atoms with Gasteiger partial charge in [0.15, 0.2) is 0 Å². The molecule has 1 heterocycles. The molecule has 14 heavy (non-hydrogen) atoms.